The standard InChI is InChI=1S/C9H5ClN2O2S2/c10-7-8(15-16-12-7)11-14-9(13)6-4-2-1-3-5-6/h1-5H/b11-8+. The molecule has 0 radical (unpaired) electrons. The van der Waals surface area contributed by atoms with E-state index in [0.717, 1.165) is 0 Å². The summed E-state index contributed by atoms with van der Waals surface area (Å²) < 4.78 is 4.21. The lowest BCUT2D eigenvalue weighted by Gasteiger charge is -1.95. The van der Waals surface area contributed by atoms with E-state index in [-0.39, 0.29) is 5.15 Å². The number of aromatic nitrogens is 1. The highest BCUT2D eigenvalue weighted by Crippen LogP contribution is 2.06. The summed E-state index contributed by atoms with van der Waals surface area (Å²) in [6.45, 7) is 0. The van der Waals surface area contributed by atoms with E-state index in [9.17, 15) is 4.79 Å². The average Bonchev–Trinajstić information content (AvgIpc) is 2.73. The van der Waals surface area contributed by atoms with Crippen LogP contribution >= 0.6 is 32.5 Å². The van der Waals surface area contributed by atoms with Crippen LogP contribution in [0.4, 0.5) is 0 Å². The van der Waals surface area contributed by atoms with Crippen molar-refractivity contribution < 1.29 is 9.63 Å². The molecular formula is C9H5ClN2O2S2. The quantitative estimate of drug-likeness (QED) is 0.480. The molecule has 0 bridgehead atoms. The largest absolute Gasteiger partial charge is 0.365 e. The van der Waals surface area contributed by atoms with Crippen molar-refractivity contribution in [2.24, 2.45) is 5.16 Å². The van der Waals surface area contributed by atoms with Crippen molar-refractivity contribution in [3.8, 4) is 0 Å². The maximum absolute atomic E-state index is 11.5. The lowest BCUT2D eigenvalue weighted by Crippen LogP contribution is -2.04. The van der Waals surface area contributed by atoms with Crippen molar-refractivity contribution in [2.45, 2.75) is 0 Å². The van der Waals surface area contributed by atoms with Crippen LogP contribution in [0.5, 0.6) is 0 Å². The van der Waals surface area contributed by atoms with Gasteiger partial charge in [-0.05, 0) is 22.5 Å². The highest BCUT2D eigenvalue weighted by molar-refractivity contribution is 7.66. The van der Waals surface area contributed by atoms with E-state index in [1.54, 1.807) is 24.3 Å². The summed E-state index contributed by atoms with van der Waals surface area (Å²) in [6, 6.07) is 8.61. The van der Waals surface area contributed by atoms with Crippen LogP contribution < -0.4 is 4.67 Å². The predicted molar refractivity (Wildman–Crippen MR) is 62.4 cm³/mol. The minimum atomic E-state index is -0.518. The Bertz CT molecular complexity index is 550. The summed E-state index contributed by atoms with van der Waals surface area (Å²) >= 11 is 5.69. The van der Waals surface area contributed by atoms with Gasteiger partial charge >= 0.3 is 5.97 Å². The van der Waals surface area contributed by atoms with E-state index in [0.29, 0.717) is 10.2 Å². The van der Waals surface area contributed by atoms with Gasteiger partial charge in [-0.2, -0.15) is 4.37 Å². The Morgan fingerprint density at radius 3 is 2.75 bits per heavy atom. The fourth-order valence-electron chi connectivity index (χ4n) is 0.923. The second-order valence-corrected chi connectivity index (χ2v) is 4.87. The van der Waals surface area contributed by atoms with Crippen molar-refractivity contribution in [1.82, 2.24) is 4.37 Å². The normalized spacial score (nSPS) is 11.4. The SMILES string of the molecule is O=C(O/N=c1/ssnc1Cl)c1ccccc1. The van der Waals surface area contributed by atoms with Crippen LogP contribution in [0.25, 0.3) is 0 Å². The third-order valence-corrected chi connectivity index (χ3v) is 3.79. The molecular weight excluding hydrogens is 268 g/mol. The van der Waals surface area contributed by atoms with E-state index >= 15 is 0 Å². The van der Waals surface area contributed by atoms with Crippen LogP contribution in [0.3, 0.4) is 0 Å². The second kappa shape index (κ2) is 5.20. The van der Waals surface area contributed by atoms with Gasteiger partial charge in [-0.3, -0.25) is 0 Å². The van der Waals surface area contributed by atoms with Gasteiger partial charge in [0.2, 0.25) is 4.67 Å². The molecule has 4 nitrogen and oxygen atoms in total. The van der Waals surface area contributed by atoms with Gasteiger partial charge in [0.15, 0.2) is 5.15 Å². The maximum atomic E-state index is 11.5. The van der Waals surface area contributed by atoms with Crippen molar-refractivity contribution in [2.75, 3.05) is 0 Å². The highest BCUT2D eigenvalue weighted by atomic mass is 35.5. The first kappa shape index (κ1) is 11.3. The number of carbonyl (C=O) groups excluding carboxylic acids is 1. The molecule has 2 rings (SSSR count). The Labute approximate surface area is 103 Å². The van der Waals surface area contributed by atoms with E-state index in [2.05, 4.69) is 9.53 Å². The maximum Gasteiger partial charge on any atom is 0.365 e. The van der Waals surface area contributed by atoms with Gasteiger partial charge in [-0.15, -0.1) is 0 Å². The summed E-state index contributed by atoms with van der Waals surface area (Å²) in [5.41, 5.74) is 0.440. The zero-order valence-corrected chi connectivity index (χ0v) is 10.2. The molecule has 16 heavy (non-hydrogen) atoms. The Hall–Kier alpha value is -1.24. The fraction of sp³-hybridized carbons (Fsp3) is 0. The Morgan fingerprint density at radius 1 is 1.38 bits per heavy atom. The highest BCUT2D eigenvalue weighted by Gasteiger charge is 2.06. The Kier molecular flexibility index (Phi) is 3.66. The smallest absolute Gasteiger partial charge is 0.311 e. The van der Waals surface area contributed by atoms with Crippen LogP contribution in [0, 0.1) is 0 Å². The number of carbonyl (C=O) groups is 1. The van der Waals surface area contributed by atoms with Crippen molar-refractivity contribution in [1.29, 1.82) is 0 Å². The van der Waals surface area contributed by atoms with E-state index in [1.807, 2.05) is 6.07 Å². The molecule has 0 N–H and O–H groups in total. The van der Waals surface area contributed by atoms with Gasteiger partial charge in [0.1, 0.15) is 0 Å². The van der Waals surface area contributed by atoms with Gasteiger partial charge in [0, 0.05) is 10.5 Å². The molecule has 0 atom stereocenters. The summed E-state index contributed by atoms with van der Waals surface area (Å²) in [4.78, 5) is 16.2. The molecule has 1 aromatic heterocycles. The molecule has 0 saturated heterocycles. The molecule has 82 valence electrons. The molecule has 7 heteroatoms. The van der Waals surface area contributed by atoms with Gasteiger partial charge in [-0.25, -0.2) is 4.79 Å². The van der Waals surface area contributed by atoms with Crippen molar-refractivity contribution in [3.05, 3.63) is 45.7 Å². The van der Waals surface area contributed by atoms with Gasteiger partial charge in [0.05, 0.1) is 5.56 Å². The van der Waals surface area contributed by atoms with E-state index < -0.39 is 5.97 Å². The number of halogens is 1. The summed E-state index contributed by atoms with van der Waals surface area (Å²) in [6.07, 6.45) is 0. The third-order valence-electron chi connectivity index (χ3n) is 1.63. The number of benzene rings is 1. The van der Waals surface area contributed by atoms with Crippen molar-refractivity contribution in [3.63, 3.8) is 0 Å². The molecule has 1 heterocycles. The van der Waals surface area contributed by atoms with Crippen LogP contribution in [0.1, 0.15) is 10.4 Å². The van der Waals surface area contributed by atoms with Gasteiger partial charge in [-0.1, -0.05) is 35.0 Å². The number of hydrogen-bond acceptors (Lipinski definition) is 6. The van der Waals surface area contributed by atoms with Crippen molar-refractivity contribution >= 4 is 38.4 Å². The number of nitrogens with zero attached hydrogens (tertiary/aromatic N) is 2. The molecule has 0 aliphatic rings. The zero-order valence-electron chi connectivity index (χ0n) is 7.79. The van der Waals surface area contributed by atoms with Crippen LogP contribution in [-0.2, 0) is 4.84 Å². The number of hydrogen-bond donors (Lipinski definition) is 0. The van der Waals surface area contributed by atoms with E-state index in [1.165, 1.54) is 20.9 Å². The predicted octanol–water partition coefficient (Wildman–Crippen LogP) is 2.53. The molecule has 2 aromatic rings. The molecule has 0 saturated carbocycles. The second-order valence-electron chi connectivity index (χ2n) is 2.68. The molecule has 0 aliphatic heterocycles. The van der Waals surface area contributed by atoms with Crippen LogP contribution in [-0.4, -0.2) is 10.3 Å². The summed E-state index contributed by atoms with van der Waals surface area (Å²) in [5.74, 6) is -0.518. The fourth-order valence-corrected chi connectivity index (χ4v) is 2.81. The van der Waals surface area contributed by atoms with Gasteiger partial charge in [0.25, 0.3) is 0 Å². The zero-order chi connectivity index (χ0) is 11.4. The van der Waals surface area contributed by atoms with E-state index in [4.69, 9.17) is 16.4 Å². The lowest BCUT2D eigenvalue weighted by molar-refractivity contribution is 0.0500. The third kappa shape index (κ3) is 2.66. The van der Waals surface area contributed by atoms with Crippen LogP contribution in [0.15, 0.2) is 35.5 Å². The van der Waals surface area contributed by atoms with Crippen LogP contribution in [0.2, 0.25) is 5.15 Å². The van der Waals surface area contributed by atoms with Gasteiger partial charge < -0.3 is 4.84 Å². The molecule has 1 aromatic carbocycles. The first-order valence-electron chi connectivity index (χ1n) is 4.19. The first-order chi connectivity index (χ1) is 7.77. The molecule has 0 fully saturated rings. The molecule has 0 unspecified atom stereocenters. The summed E-state index contributed by atoms with van der Waals surface area (Å²) in [7, 11) is 2.43. The molecule has 0 amide bonds. The minimum absolute atomic E-state index is 0.246. The minimum Gasteiger partial charge on any atom is -0.311 e. The average molecular weight is 273 g/mol. The Morgan fingerprint density at radius 2 is 2.12 bits per heavy atom. The molecule has 0 spiro atoms. The number of rotatable bonds is 2. The Balaban J connectivity index is 2.13. The monoisotopic (exact) mass is 272 g/mol. The summed E-state index contributed by atoms with van der Waals surface area (Å²) in [5, 5.41) is 3.87. The molecule has 0 aliphatic carbocycles. The topological polar surface area (TPSA) is 51.5 Å². The first-order valence-corrected chi connectivity index (χ1v) is 6.68. The lowest BCUT2D eigenvalue weighted by atomic mass is 10.2.